The van der Waals surface area contributed by atoms with Gasteiger partial charge in [0.05, 0.1) is 31.1 Å². The highest BCUT2D eigenvalue weighted by atomic mass is 32.2. The minimum absolute atomic E-state index is 0.285. The molecule has 6 heteroatoms. The first kappa shape index (κ1) is 16.1. The van der Waals surface area contributed by atoms with E-state index in [1.807, 2.05) is 19.9 Å². The quantitative estimate of drug-likeness (QED) is 0.615. The van der Waals surface area contributed by atoms with Gasteiger partial charge in [-0.3, -0.25) is 0 Å². The summed E-state index contributed by atoms with van der Waals surface area (Å²) < 4.78 is 10.5. The molecule has 0 amide bonds. The number of hydrogen-bond acceptors (Lipinski definition) is 6. The summed E-state index contributed by atoms with van der Waals surface area (Å²) in [4.78, 5) is 19.9. The lowest BCUT2D eigenvalue weighted by atomic mass is 10.2. The summed E-state index contributed by atoms with van der Waals surface area (Å²) in [5.41, 5.74) is 1.33. The average molecular weight is 310 g/mol. The number of anilines is 1. The van der Waals surface area contributed by atoms with Crippen molar-refractivity contribution in [2.75, 3.05) is 43.6 Å². The van der Waals surface area contributed by atoms with Gasteiger partial charge in [-0.05, 0) is 25.7 Å². The predicted molar refractivity (Wildman–Crippen MR) is 84.4 cm³/mol. The zero-order valence-corrected chi connectivity index (χ0v) is 13.7. The number of pyridine rings is 1. The molecule has 0 atom stereocenters. The van der Waals surface area contributed by atoms with E-state index in [1.54, 1.807) is 11.8 Å². The Kier molecular flexibility index (Phi) is 5.87. The zero-order valence-electron chi connectivity index (χ0n) is 12.8. The molecule has 0 aliphatic carbocycles. The molecular weight excluding hydrogens is 288 g/mol. The molecule has 2 heterocycles. The van der Waals surface area contributed by atoms with Gasteiger partial charge in [0.15, 0.2) is 0 Å². The Labute approximate surface area is 130 Å². The molecule has 1 saturated heterocycles. The van der Waals surface area contributed by atoms with E-state index in [4.69, 9.17) is 9.47 Å². The summed E-state index contributed by atoms with van der Waals surface area (Å²) in [7, 11) is 0. The molecule has 5 nitrogen and oxygen atoms in total. The lowest BCUT2D eigenvalue weighted by Crippen LogP contribution is -2.37. The molecule has 0 aromatic carbocycles. The monoisotopic (exact) mass is 310 g/mol. The number of ether oxygens (including phenoxy) is 2. The number of hydrogen-bond donors (Lipinski definition) is 0. The standard InChI is InChI=1S/C15H22N2O3S/c1-4-20-15(18)14-11(3)16-13(10-12(14)21-5-2)17-6-8-19-9-7-17/h10H,4-9H2,1-3H3. The van der Waals surface area contributed by atoms with Gasteiger partial charge in [-0.1, -0.05) is 6.92 Å². The van der Waals surface area contributed by atoms with E-state index in [1.165, 1.54) is 0 Å². The highest BCUT2D eigenvalue weighted by Gasteiger charge is 2.21. The van der Waals surface area contributed by atoms with Crippen LogP contribution in [0.15, 0.2) is 11.0 Å². The maximum Gasteiger partial charge on any atom is 0.341 e. The van der Waals surface area contributed by atoms with Crippen LogP contribution in [0.2, 0.25) is 0 Å². The Balaban J connectivity index is 2.35. The van der Waals surface area contributed by atoms with Crippen molar-refractivity contribution in [3.05, 3.63) is 17.3 Å². The molecule has 1 fully saturated rings. The van der Waals surface area contributed by atoms with Crippen molar-refractivity contribution in [2.45, 2.75) is 25.7 Å². The minimum atomic E-state index is -0.285. The van der Waals surface area contributed by atoms with Crippen LogP contribution in [-0.2, 0) is 9.47 Å². The highest BCUT2D eigenvalue weighted by molar-refractivity contribution is 7.99. The molecule has 116 valence electrons. The molecule has 0 radical (unpaired) electrons. The van der Waals surface area contributed by atoms with Gasteiger partial charge in [-0.2, -0.15) is 0 Å². The van der Waals surface area contributed by atoms with Crippen LogP contribution in [0.4, 0.5) is 5.82 Å². The molecule has 1 aromatic heterocycles. The number of rotatable bonds is 5. The van der Waals surface area contributed by atoms with Crippen molar-refractivity contribution in [2.24, 2.45) is 0 Å². The first-order valence-corrected chi connectivity index (χ1v) is 8.30. The average Bonchev–Trinajstić information content (AvgIpc) is 2.48. The van der Waals surface area contributed by atoms with Gasteiger partial charge >= 0.3 is 5.97 Å². The van der Waals surface area contributed by atoms with E-state index in [2.05, 4.69) is 16.8 Å². The van der Waals surface area contributed by atoms with E-state index in [0.717, 1.165) is 48.5 Å². The molecule has 1 aliphatic heterocycles. The summed E-state index contributed by atoms with van der Waals surface area (Å²) in [6.45, 7) is 9.24. The first-order valence-electron chi connectivity index (χ1n) is 7.31. The van der Waals surface area contributed by atoms with Crippen LogP contribution in [0.1, 0.15) is 29.9 Å². The molecule has 0 unspecified atom stereocenters. The summed E-state index contributed by atoms with van der Waals surface area (Å²) in [6, 6.07) is 2.00. The van der Waals surface area contributed by atoms with Crippen molar-refractivity contribution < 1.29 is 14.3 Å². The maximum absolute atomic E-state index is 12.1. The topological polar surface area (TPSA) is 51.7 Å². The number of carbonyl (C=O) groups is 1. The van der Waals surface area contributed by atoms with Gasteiger partial charge < -0.3 is 14.4 Å². The third kappa shape index (κ3) is 3.89. The number of aromatic nitrogens is 1. The molecule has 1 aliphatic rings. The van der Waals surface area contributed by atoms with Gasteiger partial charge in [0, 0.05) is 18.0 Å². The summed E-state index contributed by atoms with van der Waals surface area (Å²) in [6.07, 6.45) is 0. The van der Waals surface area contributed by atoms with Gasteiger partial charge in [0.25, 0.3) is 0 Å². The van der Waals surface area contributed by atoms with Crippen molar-refractivity contribution in [3.8, 4) is 0 Å². The van der Waals surface area contributed by atoms with E-state index < -0.39 is 0 Å². The van der Waals surface area contributed by atoms with Crippen LogP contribution >= 0.6 is 11.8 Å². The molecule has 0 saturated carbocycles. The van der Waals surface area contributed by atoms with Crippen LogP contribution in [-0.4, -0.2) is 49.6 Å². The predicted octanol–water partition coefficient (Wildman–Crippen LogP) is 2.52. The first-order chi connectivity index (χ1) is 10.2. The number of carbonyl (C=O) groups excluding carboxylic acids is 1. The van der Waals surface area contributed by atoms with E-state index in [0.29, 0.717) is 12.2 Å². The van der Waals surface area contributed by atoms with E-state index in [-0.39, 0.29) is 5.97 Å². The lowest BCUT2D eigenvalue weighted by molar-refractivity contribution is 0.0520. The summed E-state index contributed by atoms with van der Waals surface area (Å²) >= 11 is 1.65. The number of nitrogens with zero attached hydrogens (tertiary/aromatic N) is 2. The van der Waals surface area contributed by atoms with E-state index in [9.17, 15) is 4.79 Å². The Morgan fingerprint density at radius 1 is 1.43 bits per heavy atom. The molecule has 0 spiro atoms. The number of thioether (sulfide) groups is 1. The Morgan fingerprint density at radius 3 is 2.76 bits per heavy atom. The van der Waals surface area contributed by atoms with Crippen molar-refractivity contribution >= 4 is 23.5 Å². The lowest BCUT2D eigenvalue weighted by Gasteiger charge is -2.28. The zero-order chi connectivity index (χ0) is 15.2. The number of morpholine rings is 1. The normalized spacial score (nSPS) is 15.1. The van der Waals surface area contributed by atoms with Crippen LogP contribution < -0.4 is 4.90 Å². The Bertz CT molecular complexity index is 502. The third-order valence-corrected chi connectivity index (χ3v) is 4.19. The fourth-order valence-corrected chi connectivity index (χ4v) is 3.18. The fourth-order valence-electron chi connectivity index (χ4n) is 2.30. The van der Waals surface area contributed by atoms with Crippen LogP contribution in [0.25, 0.3) is 0 Å². The van der Waals surface area contributed by atoms with Crippen molar-refractivity contribution in [1.29, 1.82) is 0 Å². The second-order valence-corrected chi connectivity index (χ2v) is 6.00. The van der Waals surface area contributed by atoms with Gasteiger partial charge in [-0.15, -0.1) is 11.8 Å². The van der Waals surface area contributed by atoms with Gasteiger partial charge in [0.2, 0.25) is 0 Å². The van der Waals surface area contributed by atoms with Crippen LogP contribution in [0.5, 0.6) is 0 Å². The fraction of sp³-hybridized carbons (Fsp3) is 0.600. The number of esters is 1. The Hall–Kier alpha value is -1.27. The van der Waals surface area contributed by atoms with Crippen LogP contribution in [0, 0.1) is 6.92 Å². The van der Waals surface area contributed by atoms with E-state index >= 15 is 0 Å². The van der Waals surface area contributed by atoms with Gasteiger partial charge in [-0.25, -0.2) is 9.78 Å². The van der Waals surface area contributed by atoms with Crippen molar-refractivity contribution in [3.63, 3.8) is 0 Å². The highest BCUT2D eigenvalue weighted by Crippen LogP contribution is 2.29. The molecule has 2 rings (SSSR count). The molecular formula is C15H22N2O3S. The number of aryl methyl sites for hydroxylation is 1. The van der Waals surface area contributed by atoms with Gasteiger partial charge in [0.1, 0.15) is 5.82 Å². The second kappa shape index (κ2) is 7.66. The molecule has 21 heavy (non-hydrogen) atoms. The largest absolute Gasteiger partial charge is 0.462 e. The smallest absolute Gasteiger partial charge is 0.341 e. The third-order valence-electron chi connectivity index (χ3n) is 3.27. The van der Waals surface area contributed by atoms with Crippen molar-refractivity contribution in [1.82, 2.24) is 4.98 Å². The second-order valence-electron chi connectivity index (χ2n) is 4.69. The molecule has 1 aromatic rings. The summed E-state index contributed by atoms with van der Waals surface area (Å²) in [5.74, 6) is 1.53. The minimum Gasteiger partial charge on any atom is -0.462 e. The SMILES string of the molecule is CCOC(=O)c1c(SCC)cc(N2CCOCC2)nc1C. The molecule has 0 bridgehead atoms. The Morgan fingerprint density at radius 2 is 2.14 bits per heavy atom. The summed E-state index contributed by atoms with van der Waals surface area (Å²) in [5, 5.41) is 0. The molecule has 0 N–H and O–H groups in total. The van der Waals surface area contributed by atoms with Crippen LogP contribution in [0.3, 0.4) is 0 Å². The maximum atomic E-state index is 12.1.